The maximum Gasteiger partial charge on any atom is 0.258 e. The van der Waals surface area contributed by atoms with Gasteiger partial charge in [-0.1, -0.05) is 36.4 Å². The fourth-order valence-corrected chi connectivity index (χ4v) is 4.90. The van der Waals surface area contributed by atoms with Crippen LogP contribution >= 0.6 is 0 Å². The third kappa shape index (κ3) is 3.38. The number of para-hydroxylation sites is 1. The minimum absolute atomic E-state index is 0.112. The number of benzene rings is 2. The van der Waals surface area contributed by atoms with Crippen LogP contribution in [0.3, 0.4) is 0 Å². The van der Waals surface area contributed by atoms with Crippen LogP contribution in [-0.2, 0) is 6.42 Å². The first-order valence-corrected chi connectivity index (χ1v) is 10.6. The zero-order valence-corrected chi connectivity index (χ0v) is 16.8. The number of likely N-dealkylation sites (N-methyl/N-ethyl adjacent to an activating group) is 1. The van der Waals surface area contributed by atoms with E-state index in [1.165, 1.54) is 29.5 Å². The normalized spacial score (nSPS) is 21.3. The first-order chi connectivity index (χ1) is 14.2. The zero-order chi connectivity index (χ0) is 19.8. The Hall–Kier alpha value is -2.85. The molecule has 2 bridgehead atoms. The maximum absolute atomic E-state index is 13.4. The lowest BCUT2D eigenvalue weighted by atomic mass is 10.0. The van der Waals surface area contributed by atoms with Gasteiger partial charge in [0.2, 0.25) is 0 Å². The van der Waals surface area contributed by atoms with E-state index in [2.05, 4.69) is 47.4 Å². The summed E-state index contributed by atoms with van der Waals surface area (Å²) in [6, 6.07) is 19.1. The molecule has 2 aliphatic heterocycles. The molecule has 2 unspecified atom stereocenters. The number of nitrogens with one attached hydrogen (secondary N) is 1. The molecule has 1 amide bonds. The molecule has 148 valence electrons. The largest absolute Gasteiger partial charge is 0.361 e. The fraction of sp³-hybridized carbons (Fsp3) is 0.320. The van der Waals surface area contributed by atoms with Crippen LogP contribution in [0.4, 0.5) is 0 Å². The fourth-order valence-electron chi connectivity index (χ4n) is 4.90. The van der Waals surface area contributed by atoms with Crippen molar-refractivity contribution in [2.75, 3.05) is 13.6 Å². The van der Waals surface area contributed by atoms with Gasteiger partial charge >= 0.3 is 0 Å². The molecule has 3 aromatic rings. The number of aromatic amines is 1. The van der Waals surface area contributed by atoms with E-state index in [0.717, 1.165) is 23.9 Å². The van der Waals surface area contributed by atoms with Crippen molar-refractivity contribution in [3.8, 4) is 0 Å². The number of aromatic nitrogens is 1. The Balaban J connectivity index is 1.44. The predicted molar refractivity (Wildman–Crippen MR) is 117 cm³/mol. The van der Waals surface area contributed by atoms with Gasteiger partial charge in [-0.15, -0.1) is 0 Å². The molecule has 1 saturated heterocycles. The molecule has 2 aromatic carbocycles. The third-order valence-electron chi connectivity index (χ3n) is 6.62. The van der Waals surface area contributed by atoms with Crippen LogP contribution in [0, 0.1) is 0 Å². The Morgan fingerprint density at radius 2 is 1.90 bits per heavy atom. The van der Waals surface area contributed by atoms with Crippen LogP contribution in [0.1, 0.15) is 35.2 Å². The Kier molecular flexibility index (Phi) is 4.72. The van der Waals surface area contributed by atoms with Crippen LogP contribution in [0.2, 0.25) is 0 Å². The van der Waals surface area contributed by atoms with E-state index in [1.807, 2.05) is 41.3 Å². The van der Waals surface area contributed by atoms with Gasteiger partial charge < -0.3 is 9.88 Å². The van der Waals surface area contributed by atoms with Gasteiger partial charge in [-0.2, -0.15) is 0 Å². The summed E-state index contributed by atoms with van der Waals surface area (Å²) in [6.07, 6.45) is 8.63. The van der Waals surface area contributed by atoms with Crippen molar-refractivity contribution in [1.29, 1.82) is 0 Å². The highest BCUT2D eigenvalue weighted by Crippen LogP contribution is 2.35. The third-order valence-corrected chi connectivity index (χ3v) is 6.62. The monoisotopic (exact) mass is 385 g/mol. The van der Waals surface area contributed by atoms with E-state index in [0.29, 0.717) is 18.6 Å². The Bertz CT molecular complexity index is 1050. The molecule has 1 aromatic heterocycles. The van der Waals surface area contributed by atoms with E-state index < -0.39 is 0 Å². The van der Waals surface area contributed by atoms with Crippen molar-refractivity contribution in [2.45, 2.75) is 37.8 Å². The van der Waals surface area contributed by atoms with Gasteiger partial charge in [0.1, 0.15) is 0 Å². The van der Waals surface area contributed by atoms with E-state index in [-0.39, 0.29) is 5.91 Å². The number of hydrogen-bond donors (Lipinski definition) is 1. The molecule has 0 aliphatic carbocycles. The van der Waals surface area contributed by atoms with E-state index in [4.69, 9.17) is 0 Å². The highest BCUT2D eigenvalue weighted by molar-refractivity contribution is 5.95. The van der Waals surface area contributed by atoms with Crippen LogP contribution in [0.5, 0.6) is 0 Å². The average Bonchev–Trinajstić information content (AvgIpc) is 3.24. The van der Waals surface area contributed by atoms with E-state index >= 15 is 0 Å². The van der Waals surface area contributed by atoms with Crippen LogP contribution < -0.4 is 0 Å². The molecule has 4 heteroatoms. The quantitative estimate of drug-likeness (QED) is 0.697. The highest BCUT2D eigenvalue weighted by Gasteiger charge is 2.36. The summed E-state index contributed by atoms with van der Waals surface area (Å²) in [5.41, 5.74) is 4.38. The molecular formula is C25H27N3O. The molecule has 5 rings (SSSR count). The molecule has 29 heavy (non-hydrogen) atoms. The zero-order valence-electron chi connectivity index (χ0n) is 16.8. The molecule has 1 fully saturated rings. The smallest absolute Gasteiger partial charge is 0.258 e. The number of carbonyl (C=O) groups excluding carboxylic acids is 1. The van der Waals surface area contributed by atoms with Crippen LogP contribution in [0.15, 0.2) is 72.6 Å². The summed E-state index contributed by atoms with van der Waals surface area (Å²) in [4.78, 5) is 21.3. The number of hydrogen-bond acceptors (Lipinski definition) is 2. The number of rotatable bonds is 5. The van der Waals surface area contributed by atoms with Crippen molar-refractivity contribution in [1.82, 2.24) is 14.8 Å². The summed E-state index contributed by atoms with van der Waals surface area (Å²) in [5.74, 6) is 0.112. The molecule has 2 atom stereocenters. The second-order valence-corrected chi connectivity index (χ2v) is 8.26. The van der Waals surface area contributed by atoms with Crippen molar-refractivity contribution < 1.29 is 4.79 Å². The lowest BCUT2D eigenvalue weighted by Crippen LogP contribution is -2.41. The van der Waals surface area contributed by atoms with E-state index in [9.17, 15) is 4.79 Å². The lowest BCUT2D eigenvalue weighted by molar-refractivity contribution is 0.0788. The minimum atomic E-state index is 0.112. The second kappa shape index (κ2) is 7.53. The molecule has 4 nitrogen and oxygen atoms in total. The van der Waals surface area contributed by atoms with Gasteiger partial charge in [-0.25, -0.2) is 0 Å². The Morgan fingerprint density at radius 3 is 2.72 bits per heavy atom. The first-order valence-electron chi connectivity index (χ1n) is 10.6. The summed E-state index contributed by atoms with van der Waals surface area (Å²) in [6.45, 7) is 0.699. The topological polar surface area (TPSA) is 39.3 Å². The van der Waals surface area contributed by atoms with Gasteiger partial charge in [-0.05, 0) is 56.1 Å². The SMILES string of the molecule is CN1C2C=C(N(CCc3c[nH]c4ccccc34)C(=O)c3ccccc3)CC1CC2. The number of fused-ring (bicyclic) bond motifs is 3. The standard InChI is InChI=1S/C25H27N3O/c1-27-20-11-12-21(27)16-22(15-20)28(25(29)18-7-3-2-4-8-18)14-13-19-17-26-24-10-6-5-9-23(19)24/h2-10,15,17,20-21,26H,11-14,16H2,1H3. The first kappa shape index (κ1) is 18.2. The summed E-state index contributed by atoms with van der Waals surface area (Å²) in [7, 11) is 2.21. The van der Waals surface area contributed by atoms with Crippen molar-refractivity contribution in [2.24, 2.45) is 0 Å². The van der Waals surface area contributed by atoms with Gasteiger partial charge in [0.25, 0.3) is 5.91 Å². The molecule has 3 heterocycles. The van der Waals surface area contributed by atoms with Crippen molar-refractivity contribution in [3.05, 3.63) is 83.7 Å². The molecule has 0 radical (unpaired) electrons. The van der Waals surface area contributed by atoms with Crippen molar-refractivity contribution in [3.63, 3.8) is 0 Å². The molecule has 1 N–H and O–H groups in total. The number of nitrogens with zero attached hydrogens (tertiary/aromatic N) is 2. The number of carbonyl (C=O) groups is 1. The average molecular weight is 386 g/mol. The van der Waals surface area contributed by atoms with Gasteiger partial charge in [-0.3, -0.25) is 9.69 Å². The number of amides is 1. The predicted octanol–water partition coefficient (Wildman–Crippen LogP) is 4.60. The summed E-state index contributed by atoms with van der Waals surface area (Å²) >= 11 is 0. The van der Waals surface area contributed by atoms with Gasteiger partial charge in [0, 0.05) is 53.4 Å². The van der Waals surface area contributed by atoms with Gasteiger partial charge in [0.05, 0.1) is 0 Å². The summed E-state index contributed by atoms with van der Waals surface area (Å²) < 4.78 is 0. The highest BCUT2D eigenvalue weighted by atomic mass is 16.2. The molecular weight excluding hydrogens is 358 g/mol. The molecule has 0 spiro atoms. The number of H-pyrrole nitrogens is 1. The van der Waals surface area contributed by atoms with Crippen LogP contribution in [0.25, 0.3) is 10.9 Å². The Morgan fingerprint density at radius 1 is 1.10 bits per heavy atom. The summed E-state index contributed by atoms with van der Waals surface area (Å²) in [5, 5.41) is 1.25. The van der Waals surface area contributed by atoms with Gasteiger partial charge in [0.15, 0.2) is 0 Å². The van der Waals surface area contributed by atoms with Crippen LogP contribution in [-0.4, -0.2) is 46.4 Å². The van der Waals surface area contributed by atoms with Crippen molar-refractivity contribution >= 4 is 16.8 Å². The second-order valence-electron chi connectivity index (χ2n) is 8.26. The maximum atomic E-state index is 13.4. The molecule has 2 aliphatic rings. The Labute approximate surface area is 171 Å². The minimum Gasteiger partial charge on any atom is -0.361 e. The lowest BCUT2D eigenvalue weighted by Gasteiger charge is -2.35. The van der Waals surface area contributed by atoms with E-state index in [1.54, 1.807) is 0 Å². The molecule has 0 saturated carbocycles.